The number of hydrogen-bond acceptors (Lipinski definition) is 2. The van der Waals surface area contributed by atoms with Gasteiger partial charge in [0.1, 0.15) is 0 Å². The van der Waals surface area contributed by atoms with E-state index in [1.54, 1.807) is 0 Å². The van der Waals surface area contributed by atoms with E-state index < -0.39 is 0 Å². The van der Waals surface area contributed by atoms with Crippen LogP contribution in [-0.2, 0) is 0 Å². The van der Waals surface area contributed by atoms with Crippen molar-refractivity contribution < 1.29 is 0 Å². The van der Waals surface area contributed by atoms with Crippen LogP contribution in [0.25, 0.3) is 0 Å². The first-order chi connectivity index (χ1) is 8.58. The Morgan fingerprint density at radius 1 is 0.667 bits per heavy atom. The van der Waals surface area contributed by atoms with Crippen molar-refractivity contribution in [3.05, 3.63) is 0 Å². The van der Waals surface area contributed by atoms with E-state index >= 15 is 0 Å². The molecule has 0 spiro atoms. The summed E-state index contributed by atoms with van der Waals surface area (Å²) in [4.78, 5) is 4.73. The van der Waals surface area contributed by atoms with Crippen molar-refractivity contribution in [3.8, 4) is 0 Å². The van der Waals surface area contributed by atoms with Crippen LogP contribution in [-0.4, -0.2) is 50.1 Å². The van der Waals surface area contributed by atoms with Crippen molar-refractivity contribution in [1.29, 1.82) is 0 Å². The maximum atomic E-state index is 2.40. The highest BCUT2D eigenvalue weighted by Gasteiger charge is 2.16. The van der Waals surface area contributed by atoms with Crippen molar-refractivity contribution >= 4 is 0 Å². The molecule has 2 rings (SSSR count). The van der Waals surface area contributed by atoms with Gasteiger partial charge in [-0.3, -0.25) is 0 Å². The summed E-state index contributed by atoms with van der Waals surface area (Å²) in [6.07, 6.45) is 2.80. The van der Waals surface area contributed by atoms with E-state index in [1.165, 1.54) is 39.0 Å². The van der Waals surface area contributed by atoms with Crippen LogP contribution in [0, 0.1) is 11.8 Å². The number of piperidine rings is 1. The van der Waals surface area contributed by atoms with Gasteiger partial charge in [-0.2, -0.15) is 0 Å². The van der Waals surface area contributed by atoms with Gasteiger partial charge in [-0.1, -0.05) is 41.5 Å². The minimum atomic E-state index is 0.968. The van der Waals surface area contributed by atoms with Crippen LogP contribution >= 0.6 is 0 Å². The van der Waals surface area contributed by atoms with E-state index in [1.807, 2.05) is 27.7 Å². The highest BCUT2D eigenvalue weighted by Crippen LogP contribution is 2.13. The highest BCUT2D eigenvalue weighted by molar-refractivity contribution is 4.71. The summed E-state index contributed by atoms with van der Waals surface area (Å²) >= 11 is 0. The second-order valence-electron chi connectivity index (χ2n) is 5.31. The Morgan fingerprint density at radius 3 is 1.22 bits per heavy atom. The van der Waals surface area contributed by atoms with Crippen molar-refractivity contribution in [2.45, 2.75) is 54.4 Å². The number of hydrogen-bond donors (Lipinski definition) is 0. The molecule has 2 nitrogen and oxygen atoms in total. The predicted molar refractivity (Wildman–Crippen MR) is 85.3 cm³/mol. The largest absolute Gasteiger partial charge is 0.306 e. The van der Waals surface area contributed by atoms with Crippen LogP contribution in [0.4, 0.5) is 0 Å². The molecule has 112 valence electrons. The molecule has 2 fully saturated rings. The Labute approximate surface area is 117 Å². The van der Waals surface area contributed by atoms with E-state index in [4.69, 9.17) is 0 Å². The van der Waals surface area contributed by atoms with Gasteiger partial charge < -0.3 is 9.80 Å². The molecule has 0 aliphatic carbocycles. The van der Waals surface area contributed by atoms with Gasteiger partial charge in [0, 0.05) is 13.1 Å². The summed E-state index contributed by atoms with van der Waals surface area (Å²) in [5.74, 6) is 1.95. The molecule has 0 aromatic heterocycles. The third kappa shape index (κ3) is 11.0. The van der Waals surface area contributed by atoms with Gasteiger partial charge in [-0.25, -0.2) is 0 Å². The zero-order chi connectivity index (χ0) is 14.6. The van der Waals surface area contributed by atoms with E-state index in [9.17, 15) is 0 Å². The lowest BCUT2D eigenvalue weighted by Gasteiger charge is -2.33. The fourth-order valence-corrected chi connectivity index (χ4v) is 2.15. The first-order valence-corrected chi connectivity index (χ1v) is 7.95. The van der Waals surface area contributed by atoms with Gasteiger partial charge in [0.2, 0.25) is 0 Å². The first-order valence-electron chi connectivity index (χ1n) is 7.95. The SMILES string of the molecule is CC.CC.CC1CCN(C)CC1.CC1CN(C)C1. The minimum absolute atomic E-state index is 0.968. The normalized spacial score (nSPS) is 21.3. The standard InChI is InChI=1S/C7H15N.C5H11N.2C2H6/c1-7-3-5-8(2)6-4-7;1-5-3-6(2)4-5;2*1-2/h7H,3-6H2,1-2H3;5H,3-4H2,1-2H3;2*1-2H3. The average Bonchev–Trinajstić information content (AvgIpc) is 2.37. The van der Waals surface area contributed by atoms with Gasteiger partial charge >= 0.3 is 0 Å². The molecule has 2 heteroatoms. The van der Waals surface area contributed by atoms with Crippen LogP contribution in [0.1, 0.15) is 54.4 Å². The third-order valence-corrected chi connectivity index (χ3v) is 3.25. The zero-order valence-electron chi connectivity index (χ0n) is 14.3. The van der Waals surface area contributed by atoms with Crippen molar-refractivity contribution in [1.82, 2.24) is 9.80 Å². The predicted octanol–water partition coefficient (Wildman–Crippen LogP) is 3.97. The molecule has 0 atom stereocenters. The van der Waals surface area contributed by atoms with Gasteiger partial charge in [0.15, 0.2) is 0 Å². The Kier molecular flexibility index (Phi) is 15.0. The monoisotopic (exact) mass is 258 g/mol. The molecule has 0 aromatic rings. The molecular weight excluding hydrogens is 220 g/mol. The van der Waals surface area contributed by atoms with E-state index in [-0.39, 0.29) is 0 Å². The summed E-state index contributed by atoms with van der Waals surface area (Å²) < 4.78 is 0. The molecule has 2 aliphatic heterocycles. The molecule has 0 bridgehead atoms. The molecule has 0 radical (unpaired) electrons. The van der Waals surface area contributed by atoms with Crippen molar-refractivity contribution in [2.75, 3.05) is 40.3 Å². The average molecular weight is 258 g/mol. The molecule has 0 amide bonds. The third-order valence-electron chi connectivity index (χ3n) is 3.25. The summed E-state index contributed by atoms with van der Waals surface area (Å²) in [6, 6.07) is 0. The molecule has 2 saturated heterocycles. The molecule has 0 saturated carbocycles. The lowest BCUT2D eigenvalue weighted by atomic mass is 10.00. The highest BCUT2D eigenvalue weighted by atomic mass is 15.2. The number of rotatable bonds is 0. The zero-order valence-corrected chi connectivity index (χ0v) is 14.3. The van der Waals surface area contributed by atoms with Gasteiger partial charge in [-0.15, -0.1) is 0 Å². The van der Waals surface area contributed by atoms with Crippen LogP contribution in [0.15, 0.2) is 0 Å². The number of nitrogens with zero attached hydrogens (tertiary/aromatic N) is 2. The van der Waals surface area contributed by atoms with Crippen LogP contribution < -0.4 is 0 Å². The maximum absolute atomic E-state index is 2.40. The lowest BCUT2D eigenvalue weighted by Crippen LogP contribution is -2.41. The minimum Gasteiger partial charge on any atom is -0.306 e. The summed E-state index contributed by atoms with van der Waals surface area (Å²) in [7, 11) is 4.35. The van der Waals surface area contributed by atoms with E-state index in [0.717, 1.165) is 11.8 Å². The molecule has 0 aromatic carbocycles. The second kappa shape index (κ2) is 13.4. The summed E-state index contributed by atoms with van der Waals surface area (Å²) in [5.41, 5.74) is 0. The quantitative estimate of drug-likeness (QED) is 0.649. The van der Waals surface area contributed by atoms with Crippen molar-refractivity contribution in [2.24, 2.45) is 11.8 Å². The lowest BCUT2D eigenvalue weighted by molar-refractivity contribution is 0.149. The molecule has 0 N–H and O–H groups in total. The second-order valence-corrected chi connectivity index (χ2v) is 5.31. The van der Waals surface area contributed by atoms with E-state index in [2.05, 4.69) is 37.7 Å². The fraction of sp³-hybridized carbons (Fsp3) is 1.00. The van der Waals surface area contributed by atoms with Gasteiger partial charge in [0.05, 0.1) is 0 Å². The number of likely N-dealkylation sites (tertiary alicyclic amines) is 2. The van der Waals surface area contributed by atoms with Crippen LogP contribution in [0.2, 0.25) is 0 Å². The first kappa shape index (κ1) is 20.2. The molecular formula is C16H38N2. The Bertz CT molecular complexity index is 129. The Morgan fingerprint density at radius 2 is 1.06 bits per heavy atom. The van der Waals surface area contributed by atoms with Gasteiger partial charge in [-0.05, 0) is 51.9 Å². The molecule has 0 unspecified atom stereocenters. The molecule has 2 aliphatic rings. The maximum Gasteiger partial charge on any atom is 0.00163 e. The smallest absolute Gasteiger partial charge is 0.00163 e. The summed E-state index contributed by atoms with van der Waals surface area (Å²) in [5, 5.41) is 0. The fourth-order valence-electron chi connectivity index (χ4n) is 2.15. The van der Waals surface area contributed by atoms with Gasteiger partial charge in [0.25, 0.3) is 0 Å². The van der Waals surface area contributed by atoms with E-state index in [0.29, 0.717) is 0 Å². The Hall–Kier alpha value is -0.0800. The molecule has 2 heterocycles. The van der Waals surface area contributed by atoms with Crippen LogP contribution in [0.5, 0.6) is 0 Å². The van der Waals surface area contributed by atoms with Crippen LogP contribution in [0.3, 0.4) is 0 Å². The Balaban J connectivity index is 0. The summed E-state index contributed by atoms with van der Waals surface area (Å²) in [6.45, 7) is 17.8. The van der Waals surface area contributed by atoms with Crippen molar-refractivity contribution in [3.63, 3.8) is 0 Å². The topological polar surface area (TPSA) is 6.48 Å². The molecule has 18 heavy (non-hydrogen) atoms.